The van der Waals surface area contributed by atoms with Crippen molar-refractivity contribution in [3.63, 3.8) is 0 Å². The molecule has 1 aromatic rings. The Kier molecular flexibility index (Phi) is 3.89. The molecule has 1 aromatic carbocycles. The highest BCUT2D eigenvalue weighted by Gasteiger charge is 2.20. The first-order chi connectivity index (χ1) is 7.80. The van der Waals surface area contributed by atoms with Crippen LogP contribution in [0.3, 0.4) is 0 Å². The van der Waals surface area contributed by atoms with Gasteiger partial charge in [0, 0.05) is 12.0 Å². The quantitative estimate of drug-likeness (QED) is 0.842. The lowest BCUT2D eigenvalue weighted by molar-refractivity contribution is -0.128. The number of rotatable bonds is 3. The molecule has 1 amide bonds. The summed E-state index contributed by atoms with van der Waals surface area (Å²) in [5.41, 5.74) is 0.569. The lowest BCUT2D eigenvalue weighted by Gasteiger charge is -2.17. The molecule has 0 aliphatic heterocycles. The van der Waals surface area contributed by atoms with Gasteiger partial charge in [-0.3, -0.25) is 4.79 Å². The molecular weight excluding hydrogens is 218 g/mol. The fraction of sp³-hybridized carbons (Fsp3) is 0.385. The van der Waals surface area contributed by atoms with Crippen LogP contribution in [-0.4, -0.2) is 17.0 Å². The molecule has 0 aromatic heterocycles. The van der Waals surface area contributed by atoms with E-state index in [2.05, 4.69) is 5.32 Å². The molecule has 0 heterocycles. The number of hydrogen-bond donors (Lipinski definition) is 2. The molecule has 0 fully saturated rings. The number of amides is 1. The maximum Gasteiger partial charge on any atom is 0.335 e. The second-order valence-corrected chi connectivity index (χ2v) is 4.94. The number of nitrogens with one attached hydrogen (secondary N) is 1. The summed E-state index contributed by atoms with van der Waals surface area (Å²) in [6.07, 6.45) is 0. The minimum absolute atomic E-state index is 0.0572. The van der Waals surface area contributed by atoms with E-state index in [1.165, 1.54) is 6.07 Å². The van der Waals surface area contributed by atoms with E-state index in [0.29, 0.717) is 6.54 Å². The molecule has 4 nitrogen and oxygen atoms in total. The van der Waals surface area contributed by atoms with E-state index in [1.54, 1.807) is 18.2 Å². The average Bonchev–Trinajstić information content (AvgIpc) is 2.25. The number of carboxylic acid groups (broad SMARTS) is 1. The Labute approximate surface area is 101 Å². The van der Waals surface area contributed by atoms with Crippen molar-refractivity contribution < 1.29 is 14.7 Å². The molecule has 1 rings (SSSR count). The summed E-state index contributed by atoms with van der Waals surface area (Å²) in [6.45, 7) is 5.83. The van der Waals surface area contributed by atoms with Gasteiger partial charge in [-0.15, -0.1) is 0 Å². The number of carbonyl (C=O) groups is 2. The van der Waals surface area contributed by atoms with Crippen molar-refractivity contribution in [3.05, 3.63) is 35.4 Å². The summed E-state index contributed by atoms with van der Waals surface area (Å²) < 4.78 is 0. The van der Waals surface area contributed by atoms with E-state index in [0.717, 1.165) is 5.56 Å². The summed E-state index contributed by atoms with van der Waals surface area (Å²) in [5, 5.41) is 11.6. The molecular formula is C13H17NO3. The SMILES string of the molecule is CC(C)(C)C(=O)NCc1cccc(C(=O)O)c1. The Morgan fingerprint density at radius 2 is 1.94 bits per heavy atom. The molecule has 2 N–H and O–H groups in total. The van der Waals surface area contributed by atoms with Gasteiger partial charge in [-0.2, -0.15) is 0 Å². The van der Waals surface area contributed by atoms with E-state index in [-0.39, 0.29) is 11.5 Å². The molecule has 0 atom stereocenters. The van der Waals surface area contributed by atoms with E-state index in [1.807, 2.05) is 20.8 Å². The first-order valence-electron chi connectivity index (χ1n) is 5.41. The topological polar surface area (TPSA) is 66.4 Å². The molecule has 0 saturated carbocycles. The van der Waals surface area contributed by atoms with Gasteiger partial charge in [-0.1, -0.05) is 32.9 Å². The molecule has 0 spiro atoms. The van der Waals surface area contributed by atoms with Crippen molar-refractivity contribution in [2.24, 2.45) is 5.41 Å². The molecule has 17 heavy (non-hydrogen) atoms. The summed E-state index contributed by atoms with van der Waals surface area (Å²) in [5.74, 6) is -1.02. The zero-order valence-electron chi connectivity index (χ0n) is 10.3. The molecule has 92 valence electrons. The van der Waals surface area contributed by atoms with Crippen LogP contribution >= 0.6 is 0 Å². The molecule has 0 aliphatic carbocycles. The number of aromatic carboxylic acids is 1. The Morgan fingerprint density at radius 1 is 1.29 bits per heavy atom. The monoisotopic (exact) mass is 235 g/mol. The predicted octanol–water partition coefficient (Wildman–Crippen LogP) is 2.05. The van der Waals surface area contributed by atoms with Gasteiger partial charge in [-0.05, 0) is 17.7 Å². The van der Waals surface area contributed by atoms with Gasteiger partial charge in [0.05, 0.1) is 5.56 Å². The lowest BCUT2D eigenvalue weighted by Crippen LogP contribution is -2.34. The van der Waals surface area contributed by atoms with Gasteiger partial charge in [-0.25, -0.2) is 4.79 Å². The normalized spacial score (nSPS) is 11.0. The maximum absolute atomic E-state index is 11.6. The number of benzene rings is 1. The first-order valence-corrected chi connectivity index (χ1v) is 5.41. The molecule has 0 unspecified atom stereocenters. The van der Waals surface area contributed by atoms with Crippen LogP contribution in [0, 0.1) is 5.41 Å². The maximum atomic E-state index is 11.6. The van der Waals surface area contributed by atoms with Gasteiger partial charge in [0.15, 0.2) is 0 Å². The summed E-state index contributed by atoms with van der Waals surface area (Å²) in [7, 11) is 0. The smallest absolute Gasteiger partial charge is 0.335 e. The van der Waals surface area contributed by atoms with Crippen LogP contribution in [0.2, 0.25) is 0 Å². The lowest BCUT2D eigenvalue weighted by atomic mass is 9.95. The number of hydrogen-bond acceptors (Lipinski definition) is 2. The van der Waals surface area contributed by atoms with Crippen molar-refractivity contribution in [3.8, 4) is 0 Å². The van der Waals surface area contributed by atoms with Crippen LogP contribution in [0.5, 0.6) is 0 Å². The van der Waals surface area contributed by atoms with Gasteiger partial charge in [0.25, 0.3) is 0 Å². The van der Waals surface area contributed by atoms with E-state index in [4.69, 9.17) is 5.11 Å². The fourth-order valence-corrected chi connectivity index (χ4v) is 1.26. The zero-order valence-corrected chi connectivity index (χ0v) is 10.3. The largest absolute Gasteiger partial charge is 0.478 e. The summed E-state index contributed by atoms with van der Waals surface area (Å²) >= 11 is 0. The Morgan fingerprint density at radius 3 is 2.47 bits per heavy atom. The van der Waals surface area contributed by atoms with Crippen LogP contribution in [0.1, 0.15) is 36.7 Å². The molecule has 0 aliphatic rings. The van der Waals surface area contributed by atoms with Crippen molar-refractivity contribution in [1.82, 2.24) is 5.32 Å². The van der Waals surface area contributed by atoms with Crippen LogP contribution in [0.25, 0.3) is 0 Å². The second kappa shape index (κ2) is 4.99. The van der Waals surface area contributed by atoms with Gasteiger partial charge >= 0.3 is 5.97 Å². The summed E-state index contributed by atoms with van der Waals surface area (Å²) in [6, 6.07) is 6.54. The van der Waals surface area contributed by atoms with Gasteiger partial charge in [0.1, 0.15) is 0 Å². The highest BCUT2D eigenvalue weighted by molar-refractivity contribution is 5.87. The number of carboxylic acids is 1. The highest BCUT2D eigenvalue weighted by Crippen LogP contribution is 2.13. The first kappa shape index (κ1) is 13.2. The van der Waals surface area contributed by atoms with E-state index >= 15 is 0 Å². The van der Waals surface area contributed by atoms with E-state index < -0.39 is 11.4 Å². The van der Waals surface area contributed by atoms with Crippen LogP contribution in [0.4, 0.5) is 0 Å². The third kappa shape index (κ3) is 3.90. The minimum atomic E-state index is -0.964. The van der Waals surface area contributed by atoms with Gasteiger partial charge < -0.3 is 10.4 Å². The third-order valence-electron chi connectivity index (χ3n) is 2.31. The fourth-order valence-electron chi connectivity index (χ4n) is 1.26. The third-order valence-corrected chi connectivity index (χ3v) is 2.31. The second-order valence-electron chi connectivity index (χ2n) is 4.94. The Balaban J connectivity index is 2.67. The zero-order chi connectivity index (χ0) is 13.1. The van der Waals surface area contributed by atoms with Crippen molar-refractivity contribution in [2.75, 3.05) is 0 Å². The van der Waals surface area contributed by atoms with Crippen molar-refractivity contribution >= 4 is 11.9 Å². The van der Waals surface area contributed by atoms with Crippen LogP contribution in [0.15, 0.2) is 24.3 Å². The Bertz CT molecular complexity index is 433. The van der Waals surface area contributed by atoms with Crippen LogP contribution in [-0.2, 0) is 11.3 Å². The van der Waals surface area contributed by atoms with Crippen LogP contribution < -0.4 is 5.32 Å². The van der Waals surface area contributed by atoms with E-state index in [9.17, 15) is 9.59 Å². The van der Waals surface area contributed by atoms with Crippen molar-refractivity contribution in [1.29, 1.82) is 0 Å². The molecule has 0 saturated heterocycles. The molecule has 4 heteroatoms. The average molecular weight is 235 g/mol. The molecule has 0 radical (unpaired) electrons. The van der Waals surface area contributed by atoms with Crippen molar-refractivity contribution in [2.45, 2.75) is 27.3 Å². The highest BCUT2D eigenvalue weighted by atomic mass is 16.4. The summed E-state index contributed by atoms with van der Waals surface area (Å²) in [4.78, 5) is 22.4. The number of carbonyl (C=O) groups excluding carboxylic acids is 1. The standard InChI is InChI=1S/C13H17NO3/c1-13(2,3)12(17)14-8-9-5-4-6-10(7-9)11(15)16/h4-7H,8H2,1-3H3,(H,14,17)(H,15,16). The predicted molar refractivity (Wildman–Crippen MR) is 64.7 cm³/mol. The molecule has 0 bridgehead atoms. The van der Waals surface area contributed by atoms with Gasteiger partial charge in [0.2, 0.25) is 5.91 Å². The minimum Gasteiger partial charge on any atom is -0.478 e. The Hall–Kier alpha value is -1.84.